The summed E-state index contributed by atoms with van der Waals surface area (Å²) in [6, 6.07) is 6.18. The zero-order valence-corrected chi connectivity index (χ0v) is 10.7. The second-order valence-electron chi connectivity index (χ2n) is 4.63. The monoisotopic (exact) mass is 229 g/mol. The summed E-state index contributed by atoms with van der Waals surface area (Å²) in [7, 11) is 0. The highest BCUT2D eigenvalue weighted by Gasteiger charge is 2.19. The highest BCUT2D eigenvalue weighted by Crippen LogP contribution is 2.24. The van der Waals surface area contributed by atoms with E-state index in [0.717, 1.165) is 29.3 Å². The highest BCUT2D eigenvalue weighted by atomic mass is 16.1. The highest BCUT2D eigenvalue weighted by molar-refractivity contribution is 6.08. The topological polar surface area (TPSA) is 32.9 Å². The molecule has 2 aromatic rings. The maximum absolute atomic E-state index is 12.4. The predicted octanol–water partition coefficient (Wildman–Crippen LogP) is 4.10. The molecule has 0 radical (unpaired) electrons. The molecule has 0 saturated heterocycles. The average molecular weight is 229 g/mol. The number of nitrogens with one attached hydrogen (secondary N) is 1. The van der Waals surface area contributed by atoms with Crippen LogP contribution in [-0.4, -0.2) is 10.8 Å². The molecule has 0 saturated carbocycles. The van der Waals surface area contributed by atoms with Gasteiger partial charge in [0.1, 0.15) is 0 Å². The van der Waals surface area contributed by atoms with Crippen molar-refractivity contribution in [1.29, 1.82) is 0 Å². The summed E-state index contributed by atoms with van der Waals surface area (Å²) >= 11 is 0. The van der Waals surface area contributed by atoms with Crippen molar-refractivity contribution in [3.8, 4) is 0 Å². The lowest BCUT2D eigenvalue weighted by Gasteiger charge is -2.09. The van der Waals surface area contributed by atoms with E-state index >= 15 is 0 Å². The molecular formula is C15H19NO. The van der Waals surface area contributed by atoms with Gasteiger partial charge in [0.15, 0.2) is 5.78 Å². The Morgan fingerprint density at radius 2 is 2.00 bits per heavy atom. The van der Waals surface area contributed by atoms with Crippen molar-refractivity contribution in [3.63, 3.8) is 0 Å². The molecule has 0 spiro atoms. The zero-order chi connectivity index (χ0) is 12.4. The molecule has 2 nitrogen and oxygen atoms in total. The number of ketones is 1. The van der Waals surface area contributed by atoms with Crippen molar-refractivity contribution in [3.05, 3.63) is 35.5 Å². The molecule has 1 N–H and O–H groups in total. The van der Waals surface area contributed by atoms with E-state index in [1.165, 1.54) is 5.56 Å². The van der Waals surface area contributed by atoms with Crippen LogP contribution in [0.3, 0.4) is 0 Å². The molecule has 1 heterocycles. The molecule has 0 atom stereocenters. The van der Waals surface area contributed by atoms with Crippen molar-refractivity contribution in [2.75, 3.05) is 0 Å². The third-order valence-electron chi connectivity index (χ3n) is 3.46. The van der Waals surface area contributed by atoms with Gasteiger partial charge in [-0.2, -0.15) is 0 Å². The third kappa shape index (κ3) is 2.12. The van der Waals surface area contributed by atoms with E-state index in [9.17, 15) is 4.79 Å². The normalized spacial score (nSPS) is 11.3. The van der Waals surface area contributed by atoms with Crippen molar-refractivity contribution in [2.45, 2.75) is 33.6 Å². The fraction of sp³-hybridized carbons (Fsp3) is 0.400. The van der Waals surface area contributed by atoms with Crippen LogP contribution >= 0.6 is 0 Å². The molecule has 0 aliphatic heterocycles. The molecule has 2 rings (SSSR count). The fourth-order valence-corrected chi connectivity index (χ4v) is 2.32. The second-order valence-corrected chi connectivity index (χ2v) is 4.63. The van der Waals surface area contributed by atoms with Crippen LogP contribution in [0, 0.1) is 12.8 Å². The van der Waals surface area contributed by atoms with Gasteiger partial charge in [-0.25, -0.2) is 0 Å². The van der Waals surface area contributed by atoms with E-state index in [4.69, 9.17) is 0 Å². The first kappa shape index (κ1) is 11.9. The summed E-state index contributed by atoms with van der Waals surface area (Å²) in [6.45, 7) is 6.20. The van der Waals surface area contributed by atoms with E-state index in [1.807, 2.05) is 12.3 Å². The minimum absolute atomic E-state index is 0.148. The van der Waals surface area contributed by atoms with E-state index in [2.05, 4.69) is 37.9 Å². The first-order valence-corrected chi connectivity index (χ1v) is 6.29. The van der Waals surface area contributed by atoms with Gasteiger partial charge in [0.2, 0.25) is 0 Å². The van der Waals surface area contributed by atoms with E-state index in [1.54, 1.807) is 0 Å². The van der Waals surface area contributed by atoms with E-state index in [0.29, 0.717) is 0 Å². The van der Waals surface area contributed by atoms with Gasteiger partial charge < -0.3 is 4.98 Å². The minimum atomic E-state index is 0.148. The molecule has 0 fully saturated rings. The molecule has 0 aliphatic rings. The molecule has 0 bridgehead atoms. The lowest BCUT2D eigenvalue weighted by molar-refractivity contribution is 0.0915. The summed E-state index contributed by atoms with van der Waals surface area (Å²) in [4.78, 5) is 15.6. The second kappa shape index (κ2) is 4.74. The largest absolute Gasteiger partial charge is 0.360 e. The molecule has 17 heavy (non-hydrogen) atoms. The SMILES string of the molecule is CCC(CC)C(=O)c1c[nH]c2ccc(C)cc12. The van der Waals surface area contributed by atoms with Crippen LogP contribution in [0.4, 0.5) is 0 Å². The number of carbonyl (C=O) groups is 1. The number of carbonyl (C=O) groups excluding carboxylic acids is 1. The van der Waals surface area contributed by atoms with Crippen LogP contribution in [0.1, 0.15) is 42.6 Å². The molecule has 0 amide bonds. The Morgan fingerprint density at radius 1 is 1.29 bits per heavy atom. The van der Waals surface area contributed by atoms with Gasteiger partial charge >= 0.3 is 0 Å². The summed E-state index contributed by atoms with van der Waals surface area (Å²) < 4.78 is 0. The van der Waals surface area contributed by atoms with Gasteiger partial charge in [-0.15, -0.1) is 0 Å². The number of aryl methyl sites for hydroxylation is 1. The quantitative estimate of drug-likeness (QED) is 0.787. The molecule has 0 unspecified atom stereocenters. The number of H-pyrrole nitrogens is 1. The van der Waals surface area contributed by atoms with Crippen molar-refractivity contribution >= 4 is 16.7 Å². The first-order chi connectivity index (χ1) is 8.17. The number of hydrogen-bond acceptors (Lipinski definition) is 1. The maximum Gasteiger partial charge on any atom is 0.168 e. The van der Waals surface area contributed by atoms with Gasteiger partial charge in [0.25, 0.3) is 0 Å². The number of Topliss-reactive ketones (excluding diaryl/α,β-unsaturated/α-hetero) is 1. The Labute approximate surface area is 102 Å². The van der Waals surface area contributed by atoms with Gasteiger partial charge in [0, 0.05) is 28.6 Å². The van der Waals surface area contributed by atoms with Crippen LogP contribution in [0.2, 0.25) is 0 Å². The number of rotatable bonds is 4. The smallest absolute Gasteiger partial charge is 0.168 e. The predicted molar refractivity (Wildman–Crippen MR) is 71.4 cm³/mol. The van der Waals surface area contributed by atoms with Crippen LogP contribution in [0.15, 0.2) is 24.4 Å². The van der Waals surface area contributed by atoms with Crippen LogP contribution in [-0.2, 0) is 0 Å². The van der Waals surface area contributed by atoms with Crippen LogP contribution in [0.25, 0.3) is 10.9 Å². The first-order valence-electron chi connectivity index (χ1n) is 6.29. The van der Waals surface area contributed by atoms with E-state index in [-0.39, 0.29) is 11.7 Å². The van der Waals surface area contributed by atoms with Gasteiger partial charge in [-0.3, -0.25) is 4.79 Å². The number of aromatic amines is 1. The van der Waals surface area contributed by atoms with Gasteiger partial charge in [-0.05, 0) is 31.9 Å². The molecule has 0 aliphatic carbocycles. The van der Waals surface area contributed by atoms with Gasteiger partial charge in [-0.1, -0.05) is 25.5 Å². The van der Waals surface area contributed by atoms with Gasteiger partial charge in [0.05, 0.1) is 0 Å². The summed E-state index contributed by atoms with van der Waals surface area (Å²) in [6.07, 6.45) is 3.67. The van der Waals surface area contributed by atoms with Crippen molar-refractivity contribution < 1.29 is 4.79 Å². The Hall–Kier alpha value is -1.57. The fourth-order valence-electron chi connectivity index (χ4n) is 2.32. The minimum Gasteiger partial charge on any atom is -0.360 e. The van der Waals surface area contributed by atoms with Crippen molar-refractivity contribution in [2.24, 2.45) is 5.92 Å². The Bertz CT molecular complexity index is 535. The lowest BCUT2D eigenvalue weighted by Crippen LogP contribution is -2.12. The lowest BCUT2D eigenvalue weighted by atomic mass is 9.92. The maximum atomic E-state index is 12.4. The molecular weight excluding hydrogens is 210 g/mol. The van der Waals surface area contributed by atoms with Crippen LogP contribution in [0.5, 0.6) is 0 Å². The summed E-state index contributed by atoms with van der Waals surface area (Å²) in [5.41, 5.74) is 3.08. The Morgan fingerprint density at radius 3 is 2.65 bits per heavy atom. The molecule has 90 valence electrons. The number of fused-ring (bicyclic) bond motifs is 1. The molecule has 2 heteroatoms. The number of aromatic nitrogens is 1. The number of hydrogen-bond donors (Lipinski definition) is 1. The number of benzene rings is 1. The van der Waals surface area contributed by atoms with Crippen LogP contribution < -0.4 is 0 Å². The molecule has 1 aromatic heterocycles. The third-order valence-corrected chi connectivity index (χ3v) is 3.46. The zero-order valence-electron chi connectivity index (χ0n) is 10.7. The van der Waals surface area contributed by atoms with Crippen molar-refractivity contribution in [1.82, 2.24) is 4.98 Å². The Kier molecular flexibility index (Phi) is 3.32. The Balaban J connectivity index is 2.48. The van der Waals surface area contributed by atoms with E-state index < -0.39 is 0 Å². The standard InChI is InChI=1S/C15H19NO/c1-4-11(5-2)15(17)13-9-16-14-7-6-10(3)8-12(13)14/h6-9,11,16H,4-5H2,1-3H3. The molecule has 1 aromatic carbocycles. The summed E-state index contributed by atoms with van der Waals surface area (Å²) in [5.74, 6) is 0.418. The summed E-state index contributed by atoms with van der Waals surface area (Å²) in [5, 5.41) is 1.06. The average Bonchev–Trinajstić information content (AvgIpc) is 2.73.